The first-order valence-electron chi connectivity index (χ1n) is 9.92. The number of carbonyl (C=O) groups is 3. The lowest BCUT2D eigenvalue weighted by atomic mass is 10.1. The predicted molar refractivity (Wildman–Crippen MR) is 122 cm³/mol. The highest BCUT2D eigenvalue weighted by Gasteiger charge is 2.24. The molecule has 33 heavy (non-hydrogen) atoms. The van der Waals surface area contributed by atoms with Crippen LogP contribution in [0.4, 0.5) is 14.9 Å². The summed E-state index contributed by atoms with van der Waals surface area (Å²) in [5.41, 5.74) is 0.872. The van der Waals surface area contributed by atoms with Gasteiger partial charge in [-0.25, -0.2) is 17.6 Å². The number of aromatic nitrogens is 1. The van der Waals surface area contributed by atoms with Crippen LogP contribution in [0.25, 0.3) is 0 Å². The Hall–Kier alpha value is -2.99. The number of nitrogens with one attached hydrogen (secondary N) is 2. The molecule has 0 aliphatic heterocycles. The van der Waals surface area contributed by atoms with E-state index in [1.807, 2.05) is 0 Å². The third-order valence-electron chi connectivity index (χ3n) is 4.30. The van der Waals surface area contributed by atoms with E-state index in [0.29, 0.717) is 12.2 Å². The van der Waals surface area contributed by atoms with Gasteiger partial charge in [0.25, 0.3) is 0 Å². The quantitative estimate of drug-likeness (QED) is 0.406. The van der Waals surface area contributed by atoms with Crippen molar-refractivity contribution in [1.82, 2.24) is 10.3 Å². The second-order valence-corrected chi connectivity index (χ2v) is 10.2. The van der Waals surface area contributed by atoms with Crippen LogP contribution >= 0.6 is 11.8 Å². The Morgan fingerprint density at radius 3 is 2.52 bits per heavy atom. The minimum atomic E-state index is -3.55. The zero-order valence-electron chi connectivity index (χ0n) is 17.8. The fourth-order valence-corrected chi connectivity index (χ4v) is 4.97. The maximum atomic E-state index is 13.0. The van der Waals surface area contributed by atoms with Crippen LogP contribution in [0.2, 0.25) is 0 Å². The lowest BCUT2D eigenvalue weighted by Crippen LogP contribution is -2.45. The number of aliphatic carboxylic acids is 1. The van der Waals surface area contributed by atoms with Gasteiger partial charge >= 0.3 is 12.0 Å². The monoisotopic (exact) mass is 497 g/mol. The van der Waals surface area contributed by atoms with Gasteiger partial charge in [-0.1, -0.05) is 19.1 Å². The summed E-state index contributed by atoms with van der Waals surface area (Å²) in [6.45, 7) is 1.72. The molecule has 1 atom stereocenters. The molecular weight excluding hydrogens is 473 g/mol. The van der Waals surface area contributed by atoms with Crippen molar-refractivity contribution in [2.45, 2.75) is 36.5 Å². The topological polar surface area (TPSA) is 143 Å². The molecule has 0 saturated carbocycles. The zero-order chi connectivity index (χ0) is 24.4. The summed E-state index contributed by atoms with van der Waals surface area (Å²) in [5.74, 6) is -1.89. The fraction of sp³-hybridized carbons (Fsp3) is 0.333. The van der Waals surface area contributed by atoms with E-state index in [4.69, 9.17) is 5.11 Å². The number of pyridine rings is 1. The van der Waals surface area contributed by atoms with Gasteiger partial charge in [-0.3, -0.25) is 14.6 Å². The Morgan fingerprint density at radius 1 is 1.18 bits per heavy atom. The number of benzene rings is 1. The van der Waals surface area contributed by atoms with Crippen molar-refractivity contribution < 1.29 is 32.3 Å². The van der Waals surface area contributed by atoms with Gasteiger partial charge in [-0.15, -0.1) is 11.8 Å². The number of carboxylic acid groups (broad SMARTS) is 1. The predicted octanol–water partition coefficient (Wildman–Crippen LogP) is 2.87. The Balaban J connectivity index is 1.98. The molecule has 1 aromatic carbocycles. The van der Waals surface area contributed by atoms with Crippen LogP contribution in [-0.2, 0) is 25.2 Å². The SMILES string of the molecule is CCCS(=O)(=O)c1cncc(NC(=O)N[C@@H](CC(=O)O)C(=O)CSCc2ccc(F)cc2)c1. The number of hydrogen-bond acceptors (Lipinski definition) is 7. The number of sulfone groups is 1. The lowest BCUT2D eigenvalue weighted by Gasteiger charge is -2.16. The Labute approximate surface area is 195 Å². The molecule has 0 radical (unpaired) electrons. The standard InChI is InChI=1S/C21H24FN3O6S2/c1-2-7-33(30,31)17-8-16(10-23-11-17)24-21(29)25-18(9-20(27)28)19(26)13-32-12-14-3-5-15(22)6-4-14/h3-6,8,10-11,18H,2,7,9,12-13H2,1H3,(H,27,28)(H2,24,25,29)/t18-/m0/s1. The molecule has 2 aromatic rings. The highest BCUT2D eigenvalue weighted by molar-refractivity contribution is 7.99. The van der Waals surface area contributed by atoms with Gasteiger partial charge in [0.05, 0.1) is 34.7 Å². The Bertz CT molecular complexity index is 1090. The minimum absolute atomic E-state index is 0.0579. The van der Waals surface area contributed by atoms with E-state index in [1.165, 1.54) is 42.4 Å². The lowest BCUT2D eigenvalue weighted by molar-refractivity contribution is -0.139. The molecule has 0 fully saturated rings. The molecule has 0 unspecified atom stereocenters. The summed E-state index contributed by atoms with van der Waals surface area (Å²) in [6, 6.07) is 4.84. The fourth-order valence-electron chi connectivity index (χ4n) is 2.74. The number of urea groups is 1. The first-order valence-corrected chi connectivity index (χ1v) is 12.7. The van der Waals surface area contributed by atoms with E-state index in [-0.39, 0.29) is 27.9 Å². The second kappa shape index (κ2) is 12.3. The van der Waals surface area contributed by atoms with Gasteiger partial charge in [0.2, 0.25) is 0 Å². The molecule has 1 aromatic heterocycles. The number of ketones is 1. The van der Waals surface area contributed by atoms with E-state index in [9.17, 15) is 27.2 Å². The number of Topliss-reactive ketones (excluding diaryl/α,β-unsaturated/α-hetero) is 1. The summed E-state index contributed by atoms with van der Waals surface area (Å²) < 4.78 is 37.3. The molecule has 0 spiro atoms. The number of anilines is 1. The van der Waals surface area contributed by atoms with Gasteiger partial charge in [0.1, 0.15) is 11.9 Å². The van der Waals surface area contributed by atoms with Crippen molar-refractivity contribution in [2.24, 2.45) is 0 Å². The zero-order valence-corrected chi connectivity index (χ0v) is 19.4. The summed E-state index contributed by atoms with van der Waals surface area (Å²) in [7, 11) is -3.55. The van der Waals surface area contributed by atoms with Crippen molar-refractivity contribution in [3.05, 3.63) is 54.1 Å². The highest BCUT2D eigenvalue weighted by atomic mass is 32.2. The number of thioether (sulfide) groups is 1. The molecular formula is C21H24FN3O6S2. The third kappa shape index (κ3) is 8.81. The van der Waals surface area contributed by atoms with E-state index >= 15 is 0 Å². The van der Waals surface area contributed by atoms with Crippen molar-refractivity contribution in [2.75, 3.05) is 16.8 Å². The molecule has 3 N–H and O–H groups in total. The smallest absolute Gasteiger partial charge is 0.319 e. The maximum Gasteiger partial charge on any atom is 0.319 e. The molecule has 2 amide bonds. The summed E-state index contributed by atoms with van der Waals surface area (Å²) in [4.78, 5) is 39.7. The Morgan fingerprint density at radius 2 is 1.88 bits per heavy atom. The van der Waals surface area contributed by atoms with Crippen LogP contribution in [0.3, 0.4) is 0 Å². The third-order valence-corrected chi connectivity index (χ3v) is 7.22. The van der Waals surface area contributed by atoms with Crippen molar-refractivity contribution in [3.8, 4) is 0 Å². The van der Waals surface area contributed by atoms with Crippen LogP contribution in [0.5, 0.6) is 0 Å². The van der Waals surface area contributed by atoms with Crippen LogP contribution in [0.1, 0.15) is 25.3 Å². The molecule has 1 heterocycles. The average Bonchev–Trinajstić information content (AvgIpc) is 2.74. The van der Waals surface area contributed by atoms with Crippen LogP contribution in [-0.4, -0.2) is 53.8 Å². The number of nitrogens with zero attached hydrogens (tertiary/aromatic N) is 1. The second-order valence-electron chi connectivity index (χ2n) is 7.06. The maximum absolute atomic E-state index is 13.0. The van der Waals surface area contributed by atoms with Crippen LogP contribution in [0, 0.1) is 5.82 Å². The molecule has 9 nitrogen and oxygen atoms in total. The molecule has 12 heteroatoms. The number of rotatable bonds is 12. The first-order chi connectivity index (χ1) is 15.6. The van der Waals surface area contributed by atoms with Crippen LogP contribution < -0.4 is 10.6 Å². The van der Waals surface area contributed by atoms with E-state index in [0.717, 1.165) is 5.56 Å². The summed E-state index contributed by atoms with van der Waals surface area (Å²) in [6.07, 6.45) is 2.20. The average molecular weight is 498 g/mol. The first kappa shape index (κ1) is 26.3. The summed E-state index contributed by atoms with van der Waals surface area (Å²) >= 11 is 1.20. The molecule has 0 saturated heterocycles. The minimum Gasteiger partial charge on any atom is -0.481 e. The molecule has 0 aliphatic rings. The van der Waals surface area contributed by atoms with Gasteiger partial charge in [-0.05, 0) is 30.2 Å². The molecule has 178 valence electrons. The number of amides is 2. The molecule has 0 bridgehead atoms. The van der Waals surface area contributed by atoms with Gasteiger partial charge < -0.3 is 15.7 Å². The van der Waals surface area contributed by atoms with E-state index in [2.05, 4.69) is 15.6 Å². The van der Waals surface area contributed by atoms with Crippen molar-refractivity contribution in [3.63, 3.8) is 0 Å². The number of carbonyl (C=O) groups excluding carboxylic acids is 2. The van der Waals surface area contributed by atoms with Gasteiger partial charge in [-0.2, -0.15) is 0 Å². The normalized spacial score (nSPS) is 12.1. The largest absolute Gasteiger partial charge is 0.481 e. The Kier molecular flexibility index (Phi) is 9.79. The van der Waals surface area contributed by atoms with Crippen molar-refractivity contribution in [1.29, 1.82) is 0 Å². The van der Waals surface area contributed by atoms with Gasteiger partial charge in [0.15, 0.2) is 15.6 Å². The van der Waals surface area contributed by atoms with E-state index in [1.54, 1.807) is 19.1 Å². The molecule has 0 aliphatic carbocycles. The highest BCUT2D eigenvalue weighted by Crippen LogP contribution is 2.17. The number of hydrogen-bond donors (Lipinski definition) is 3. The van der Waals surface area contributed by atoms with Gasteiger partial charge in [0, 0.05) is 11.9 Å². The van der Waals surface area contributed by atoms with Crippen LogP contribution in [0.15, 0.2) is 47.6 Å². The molecule has 2 rings (SSSR count). The van der Waals surface area contributed by atoms with Crippen molar-refractivity contribution >= 4 is 45.1 Å². The number of halogens is 1. The number of carboxylic acids is 1. The summed E-state index contributed by atoms with van der Waals surface area (Å²) in [5, 5.41) is 13.8. The van der Waals surface area contributed by atoms with E-state index < -0.39 is 40.1 Å².